The van der Waals surface area contributed by atoms with Gasteiger partial charge >= 0.3 is 0 Å². The molecule has 0 N–H and O–H groups in total. The lowest BCUT2D eigenvalue weighted by Crippen LogP contribution is -1.97. The predicted octanol–water partition coefficient (Wildman–Crippen LogP) is 0.949. The van der Waals surface area contributed by atoms with E-state index in [-0.39, 0.29) is 5.43 Å². The molecule has 2 heteroatoms. The molecule has 0 unspecified atom stereocenters. The van der Waals surface area contributed by atoms with E-state index in [1.165, 1.54) is 12.1 Å². The highest BCUT2D eigenvalue weighted by molar-refractivity contribution is 5.16. The van der Waals surface area contributed by atoms with Gasteiger partial charge in [-0.25, -0.2) is 0 Å². The number of hydrogen-bond acceptors (Lipinski definition) is 1. The summed E-state index contributed by atoms with van der Waals surface area (Å²) >= 11 is 0. The predicted molar refractivity (Wildman–Crippen MR) is 37.1 cm³/mol. The van der Waals surface area contributed by atoms with Crippen molar-refractivity contribution < 1.29 is 0 Å². The molecule has 1 aromatic heterocycles. The Labute approximate surface area is 53.1 Å². The molecule has 0 saturated heterocycles. The van der Waals surface area contributed by atoms with Crippen molar-refractivity contribution >= 4 is 6.20 Å². The SMILES string of the molecule is C=Cn1ccc(=O)cc1. The van der Waals surface area contributed by atoms with E-state index in [1.807, 2.05) is 0 Å². The molecule has 0 spiro atoms. The standard InChI is InChI=1S/C7H7NO/c1-2-8-5-3-7(9)4-6-8/h2-6H,1H2. The fourth-order valence-corrected chi connectivity index (χ4v) is 0.546. The first-order chi connectivity index (χ1) is 4.33. The molecule has 2 nitrogen and oxygen atoms in total. The van der Waals surface area contributed by atoms with Crippen LogP contribution in [0.25, 0.3) is 6.20 Å². The Balaban J connectivity index is 3.16. The Morgan fingerprint density at radius 1 is 1.44 bits per heavy atom. The third kappa shape index (κ3) is 1.29. The van der Waals surface area contributed by atoms with E-state index in [2.05, 4.69) is 6.58 Å². The lowest BCUT2D eigenvalue weighted by molar-refractivity contribution is 1.12. The molecule has 0 atom stereocenters. The zero-order chi connectivity index (χ0) is 6.69. The molecular formula is C7H7NO. The Bertz CT molecular complexity index is 241. The molecule has 0 aliphatic heterocycles. The van der Waals surface area contributed by atoms with E-state index < -0.39 is 0 Å². The van der Waals surface area contributed by atoms with Gasteiger partial charge in [-0.2, -0.15) is 0 Å². The van der Waals surface area contributed by atoms with E-state index in [4.69, 9.17) is 0 Å². The summed E-state index contributed by atoms with van der Waals surface area (Å²) in [6.45, 7) is 3.52. The summed E-state index contributed by atoms with van der Waals surface area (Å²) < 4.78 is 1.71. The van der Waals surface area contributed by atoms with E-state index in [9.17, 15) is 4.79 Å². The van der Waals surface area contributed by atoms with Crippen LogP contribution >= 0.6 is 0 Å². The van der Waals surface area contributed by atoms with Crippen LogP contribution in [0.1, 0.15) is 0 Å². The van der Waals surface area contributed by atoms with Crippen molar-refractivity contribution in [1.82, 2.24) is 4.57 Å². The number of hydrogen-bond donors (Lipinski definition) is 0. The second-order valence-corrected chi connectivity index (χ2v) is 1.66. The van der Waals surface area contributed by atoms with Crippen molar-refractivity contribution in [2.75, 3.05) is 0 Å². The van der Waals surface area contributed by atoms with Crippen LogP contribution in [0.15, 0.2) is 35.9 Å². The molecule has 46 valence electrons. The summed E-state index contributed by atoms with van der Waals surface area (Å²) in [5.74, 6) is 0. The highest BCUT2D eigenvalue weighted by Gasteiger charge is 1.78. The van der Waals surface area contributed by atoms with Crippen molar-refractivity contribution in [2.24, 2.45) is 0 Å². The fourth-order valence-electron chi connectivity index (χ4n) is 0.546. The molecule has 0 saturated carbocycles. The van der Waals surface area contributed by atoms with Crippen molar-refractivity contribution in [3.63, 3.8) is 0 Å². The van der Waals surface area contributed by atoms with Crippen LogP contribution in [0.3, 0.4) is 0 Å². The van der Waals surface area contributed by atoms with Gasteiger partial charge in [0.25, 0.3) is 0 Å². The lowest BCUT2D eigenvalue weighted by Gasteiger charge is -1.92. The first kappa shape index (κ1) is 5.82. The van der Waals surface area contributed by atoms with E-state index in [1.54, 1.807) is 23.2 Å². The zero-order valence-corrected chi connectivity index (χ0v) is 4.95. The Morgan fingerprint density at radius 3 is 2.44 bits per heavy atom. The smallest absolute Gasteiger partial charge is 0.181 e. The summed E-state index contributed by atoms with van der Waals surface area (Å²) in [6.07, 6.45) is 4.95. The van der Waals surface area contributed by atoms with Crippen LogP contribution in [0.2, 0.25) is 0 Å². The van der Waals surface area contributed by atoms with Gasteiger partial charge in [-0.15, -0.1) is 0 Å². The number of aromatic nitrogens is 1. The molecule has 0 radical (unpaired) electrons. The molecule has 0 amide bonds. The van der Waals surface area contributed by atoms with Gasteiger partial charge in [-0.3, -0.25) is 4.79 Å². The summed E-state index contributed by atoms with van der Waals surface area (Å²) in [5, 5.41) is 0. The first-order valence-electron chi connectivity index (χ1n) is 2.63. The van der Waals surface area contributed by atoms with Gasteiger partial charge in [0.05, 0.1) is 0 Å². The third-order valence-electron chi connectivity index (χ3n) is 1.03. The average molecular weight is 121 g/mol. The van der Waals surface area contributed by atoms with Crippen LogP contribution in [-0.2, 0) is 0 Å². The molecule has 9 heavy (non-hydrogen) atoms. The minimum Gasteiger partial charge on any atom is -0.331 e. The minimum atomic E-state index is 0.0214. The molecule has 0 bridgehead atoms. The van der Waals surface area contributed by atoms with Crippen molar-refractivity contribution in [3.8, 4) is 0 Å². The van der Waals surface area contributed by atoms with Crippen LogP contribution < -0.4 is 5.43 Å². The highest BCUT2D eigenvalue weighted by atomic mass is 16.1. The third-order valence-corrected chi connectivity index (χ3v) is 1.03. The maximum Gasteiger partial charge on any atom is 0.181 e. The Hall–Kier alpha value is -1.31. The van der Waals surface area contributed by atoms with Crippen LogP contribution in [0.4, 0.5) is 0 Å². The maximum absolute atomic E-state index is 10.5. The van der Waals surface area contributed by atoms with Gasteiger partial charge in [0.2, 0.25) is 0 Å². The van der Waals surface area contributed by atoms with Crippen LogP contribution in [-0.4, -0.2) is 4.57 Å². The highest BCUT2D eigenvalue weighted by Crippen LogP contribution is 1.80. The number of nitrogens with zero attached hydrogens (tertiary/aromatic N) is 1. The summed E-state index contributed by atoms with van der Waals surface area (Å²) in [4.78, 5) is 10.5. The molecular weight excluding hydrogens is 114 g/mol. The first-order valence-corrected chi connectivity index (χ1v) is 2.63. The normalized spacial score (nSPS) is 8.89. The maximum atomic E-state index is 10.5. The van der Waals surface area contributed by atoms with E-state index in [0.29, 0.717) is 0 Å². The topological polar surface area (TPSA) is 22.0 Å². The minimum absolute atomic E-state index is 0.0214. The Kier molecular flexibility index (Phi) is 1.49. The van der Waals surface area contributed by atoms with Crippen LogP contribution in [0.5, 0.6) is 0 Å². The van der Waals surface area contributed by atoms with Gasteiger partial charge in [0.1, 0.15) is 0 Å². The molecule has 0 aliphatic rings. The molecule has 1 heterocycles. The second kappa shape index (κ2) is 2.31. The summed E-state index contributed by atoms with van der Waals surface area (Å²) in [5.41, 5.74) is 0.0214. The molecule has 0 fully saturated rings. The lowest BCUT2D eigenvalue weighted by atomic mass is 10.5. The van der Waals surface area contributed by atoms with Gasteiger partial charge in [-0.1, -0.05) is 6.58 Å². The summed E-state index contributed by atoms with van der Waals surface area (Å²) in [6, 6.07) is 2.98. The van der Waals surface area contributed by atoms with Crippen molar-refractivity contribution in [2.45, 2.75) is 0 Å². The number of pyridine rings is 1. The summed E-state index contributed by atoms with van der Waals surface area (Å²) in [7, 11) is 0. The van der Waals surface area contributed by atoms with Crippen LogP contribution in [0, 0.1) is 0 Å². The van der Waals surface area contributed by atoms with Crippen molar-refractivity contribution in [3.05, 3.63) is 41.3 Å². The van der Waals surface area contributed by atoms with Gasteiger partial charge in [0, 0.05) is 30.7 Å². The fraction of sp³-hybridized carbons (Fsp3) is 0. The second-order valence-electron chi connectivity index (χ2n) is 1.66. The zero-order valence-electron chi connectivity index (χ0n) is 4.95. The van der Waals surface area contributed by atoms with E-state index in [0.717, 1.165) is 0 Å². The largest absolute Gasteiger partial charge is 0.331 e. The van der Waals surface area contributed by atoms with Crippen molar-refractivity contribution in [1.29, 1.82) is 0 Å². The average Bonchev–Trinajstić information content (AvgIpc) is 1.90. The molecule has 1 rings (SSSR count). The molecule has 0 aromatic carbocycles. The Morgan fingerprint density at radius 2 is 2.00 bits per heavy atom. The van der Waals surface area contributed by atoms with Gasteiger partial charge < -0.3 is 4.57 Å². The molecule has 0 aliphatic carbocycles. The monoisotopic (exact) mass is 121 g/mol. The van der Waals surface area contributed by atoms with E-state index >= 15 is 0 Å². The van der Waals surface area contributed by atoms with Gasteiger partial charge in [0.15, 0.2) is 5.43 Å². The molecule has 1 aromatic rings. The number of rotatable bonds is 1. The quantitative estimate of drug-likeness (QED) is 0.542. The van der Waals surface area contributed by atoms with Gasteiger partial charge in [-0.05, 0) is 0 Å².